The first-order valence-corrected chi connectivity index (χ1v) is 6.10. The van der Waals surface area contributed by atoms with E-state index in [0.717, 1.165) is 31.6 Å². The van der Waals surface area contributed by atoms with Gasteiger partial charge in [0.05, 0.1) is 5.69 Å². The Morgan fingerprint density at radius 2 is 1.82 bits per heavy atom. The molecule has 1 aliphatic rings. The van der Waals surface area contributed by atoms with E-state index in [-0.39, 0.29) is 0 Å². The lowest BCUT2D eigenvalue weighted by Crippen LogP contribution is -2.34. The van der Waals surface area contributed by atoms with Gasteiger partial charge in [0.15, 0.2) is 0 Å². The molecule has 3 nitrogen and oxygen atoms in total. The van der Waals surface area contributed by atoms with E-state index >= 15 is 0 Å². The van der Waals surface area contributed by atoms with Crippen molar-refractivity contribution >= 4 is 11.5 Å². The Kier molecular flexibility index (Phi) is 3.77. The monoisotopic (exact) mass is 227 g/mol. The molecule has 0 radical (unpaired) electrons. The van der Waals surface area contributed by atoms with Crippen LogP contribution in [0.4, 0.5) is 5.69 Å². The Morgan fingerprint density at radius 1 is 1.18 bits per heavy atom. The molecule has 17 heavy (non-hydrogen) atoms. The summed E-state index contributed by atoms with van der Waals surface area (Å²) >= 11 is 0. The third kappa shape index (κ3) is 3.07. The van der Waals surface area contributed by atoms with E-state index in [1.54, 1.807) is 0 Å². The molecule has 1 heterocycles. The number of rotatable bonds is 1. The van der Waals surface area contributed by atoms with Gasteiger partial charge in [-0.25, -0.2) is 4.99 Å². The molecule has 0 saturated carbocycles. The van der Waals surface area contributed by atoms with E-state index in [0.29, 0.717) is 5.84 Å². The number of amidine groups is 1. The molecule has 88 valence electrons. The van der Waals surface area contributed by atoms with Crippen molar-refractivity contribution in [3.8, 4) is 6.07 Å². The summed E-state index contributed by atoms with van der Waals surface area (Å²) in [6.45, 7) is 3.96. The van der Waals surface area contributed by atoms with Gasteiger partial charge in [-0.2, -0.15) is 5.26 Å². The van der Waals surface area contributed by atoms with Gasteiger partial charge in [-0.1, -0.05) is 17.7 Å². The second kappa shape index (κ2) is 5.49. The van der Waals surface area contributed by atoms with Crippen molar-refractivity contribution in [3.63, 3.8) is 0 Å². The molecule has 1 aromatic rings. The van der Waals surface area contributed by atoms with Crippen molar-refractivity contribution < 1.29 is 0 Å². The van der Waals surface area contributed by atoms with E-state index in [1.165, 1.54) is 12.0 Å². The zero-order valence-corrected chi connectivity index (χ0v) is 10.2. The zero-order chi connectivity index (χ0) is 12.1. The van der Waals surface area contributed by atoms with Gasteiger partial charge in [-0.3, -0.25) is 0 Å². The van der Waals surface area contributed by atoms with Gasteiger partial charge in [0, 0.05) is 13.1 Å². The molecule has 1 aromatic carbocycles. The fourth-order valence-corrected chi connectivity index (χ4v) is 2.01. The van der Waals surface area contributed by atoms with Gasteiger partial charge in [0.25, 0.3) is 0 Å². The molecule has 0 aliphatic carbocycles. The number of aryl methyl sites for hydroxylation is 1. The highest BCUT2D eigenvalue weighted by Gasteiger charge is 2.14. The SMILES string of the molecule is Cc1ccc(N=C(C#N)N2CCCCC2)cc1. The van der Waals surface area contributed by atoms with Crippen LogP contribution >= 0.6 is 0 Å². The largest absolute Gasteiger partial charge is 0.348 e. The molecule has 1 saturated heterocycles. The van der Waals surface area contributed by atoms with Gasteiger partial charge >= 0.3 is 0 Å². The zero-order valence-electron chi connectivity index (χ0n) is 10.2. The normalized spacial score (nSPS) is 16.7. The first kappa shape index (κ1) is 11.7. The Hall–Kier alpha value is -1.82. The molecule has 0 N–H and O–H groups in total. The minimum Gasteiger partial charge on any atom is -0.348 e. The summed E-state index contributed by atoms with van der Waals surface area (Å²) < 4.78 is 0. The van der Waals surface area contributed by atoms with Gasteiger partial charge in [0.2, 0.25) is 5.84 Å². The summed E-state index contributed by atoms with van der Waals surface area (Å²) in [4.78, 5) is 6.51. The predicted molar refractivity (Wildman–Crippen MR) is 69.3 cm³/mol. The summed E-state index contributed by atoms with van der Waals surface area (Å²) in [6.07, 6.45) is 3.59. The van der Waals surface area contributed by atoms with E-state index in [2.05, 4.69) is 16.0 Å². The van der Waals surface area contributed by atoms with Gasteiger partial charge in [-0.15, -0.1) is 0 Å². The fraction of sp³-hybridized carbons (Fsp3) is 0.429. The number of likely N-dealkylation sites (tertiary alicyclic amines) is 1. The van der Waals surface area contributed by atoms with Crippen LogP contribution in [-0.4, -0.2) is 23.8 Å². The minimum absolute atomic E-state index is 0.550. The predicted octanol–water partition coefficient (Wildman–Crippen LogP) is 3.03. The molecule has 0 unspecified atom stereocenters. The van der Waals surface area contributed by atoms with Crippen LogP contribution in [0.15, 0.2) is 29.3 Å². The molecule has 0 atom stereocenters. The Bertz CT molecular complexity index is 434. The number of nitriles is 1. The van der Waals surface area contributed by atoms with Crippen molar-refractivity contribution in [1.82, 2.24) is 4.90 Å². The number of benzene rings is 1. The molecule has 1 fully saturated rings. The van der Waals surface area contributed by atoms with Crippen LogP contribution in [0, 0.1) is 18.3 Å². The Balaban J connectivity index is 2.17. The van der Waals surface area contributed by atoms with Gasteiger partial charge in [0.1, 0.15) is 6.07 Å². The van der Waals surface area contributed by atoms with Crippen LogP contribution in [-0.2, 0) is 0 Å². The summed E-state index contributed by atoms with van der Waals surface area (Å²) in [5, 5.41) is 9.17. The highest BCUT2D eigenvalue weighted by molar-refractivity contribution is 5.98. The van der Waals surface area contributed by atoms with E-state index in [9.17, 15) is 5.26 Å². The van der Waals surface area contributed by atoms with E-state index < -0.39 is 0 Å². The Morgan fingerprint density at radius 3 is 2.41 bits per heavy atom. The lowest BCUT2D eigenvalue weighted by atomic mass is 10.1. The van der Waals surface area contributed by atoms with Gasteiger partial charge in [-0.05, 0) is 38.3 Å². The number of hydrogen-bond acceptors (Lipinski definition) is 2. The molecule has 1 aliphatic heterocycles. The van der Waals surface area contributed by atoms with Crippen molar-refractivity contribution in [1.29, 1.82) is 5.26 Å². The van der Waals surface area contributed by atoms with Gasteiger partial charge < -0.3 is 4.90 Å². The van der Waals surface area contributed by atoms with Crippen LogP contribution in [0.1, 0.15) is 24.8 Å². The van der Waals surface area contributed by atoms with Crippen LogP contribution < -0.4 is 0 Å². The van der Waals surface area contributed by atoms with Crippen LogP contribution in [0.2, 0.25) is 0 Å². The summed E-state index contributed by atoms with van der Waals surface area (Å²) in [5.41, 5.74) is 2.07. The van der Waals surface area contributed by atoms with Crippen LogP contribution in [0.5, 0.6) is 0 Å². The molecule has 0 aromatic heterocycles. The first-order valence-electron chi connectivity index (χ1n) is 6.10. The number of hydrogen-bond donors (Lipinski definition) is 0. The molecular weight excluding hydrogens is 210 g/mol. The maximum absolute atomic E-state index is 9.17. The number of nitrogens with zero attached hydrogens (tertiary/aromatic N) is 3. The summed E-state index contributed by atoms with van der Waals surface area (Å²) in [5.74, 6) is 0.550. The standard InChI is InChI=1S/C14H17N3/c1-12-5-7-13(8-6-12)16-14(11-15)17-9-3-2-4-10-17/h5-8H,2-4,9-10H2,1H3. The lowest BCUT2D eigenvalue weighted by molar-refractivity contribution is 0.344. The number of aliphatic imine (C=N–C) groups is 1. The molecular formula is C14H17N3. The maximum atomic E-state index is 9.17. The topological polar surface area (TPSA) is 39.4 Å². The molecule has 3 heteroatoms. The third-order valence-corrected chi connectivity index (χ3v) is 3.02. The smallest absolute Gasteiger partial charge is 0.209 e. The second-order valence-electron chi connectivity index (χ2n) is 4.43. The average molecular weight is 227 g/mol. The summed E-state index contributed by atoms with van der Waals surface area (Å²) in [6, 6.07) is 10.2. The number of piperidine rings is 1. The lowest BCUT2D eigenvalue weighted by Gasteiger charge is -2.26. The highest BCUT2D eigenvalue weighted by atomic mass is 15.2. The summed E-state index contributed by atoms with van der Waals surface area (Å²) in [7, 11) is 0. The van der Waals surface area contributed by atoms with Crippen molar-refractivity contribution in [2.24, 2.45) is 4.99 Å². The third-order valence-electron chi connectivity index (χ3n) is 3.02. The van der Waals surface area contributed by atoms with Crippen molar-refractivity contribution in [3.05, 3.63) is 29.8 Å². The molecule has 0 spiro atoms. The van der Waals surface area contributed by atoms with E-state index in [1.807, 2.05) is 31.2 Å². The van der Waals surface area contributed by atoms with Crippen LogP contribution in [0.25, 0.3) is 0 Å². The second-order valence-corrected chi connectivity index (χ2v) is 4.43. The fourth-order valence-electron chi connectivity index (χ4n) is 2.01. The first-order chi connectivity index (χ1) is 8.29. The van der Waals surface area contributed by atoms with Crippen molar-refractivity contribution in [2.45, 2.75) is 26.2 Å². The minimum atomic E-state index is 0.550. The average Bonchev–Trinajstić information content (AvgIpc) is 2.39. The van der Waals surface area contributed by atoms with E-state index in [4.69, 9.17) is 0 Å². The van der Waals surface area contributed by atoms with Crippen molar-refractivity contribution in [2.75, 3.05) is 13.1 Å². The van der Waals surface area contributed by atoms with Crippen LogP contribution in [0.3, 0.4) is 0 Å². The Labute approximate surface area is 102 Å². The molecule has 0 bridgehead atoms. The molecule has 2 rings (SSSR count). The maximum Gasteiger partial charge on any atom is 0.209 e. The quantitative estimate of drug-likeness (QED) is 0.546. The highest BCUT2D eigenvalue weighted by Crippen LogP contribution is 2.15. The molecule has 0 amide bonds.